The number of allylic oxidation sites excluding steroid dienone is 3. The largest absolute Gasteiger partial charge is 0.192 e. The van der Waals surface area contributed by atoms with E-state index >= 15 is 0 Å². The molecule has 1 nitrogen and oxygen atoms in total. The van der Waals surface area contributed by atoms with Crippen LogP contribution in [0.2, 0.25) is 0 Å². The molecule has 4 heteroatoms. The summed E-state index contributed by atoms with van der Waals surface area (Å²) in [6.45, 7) is 2.04. The van der Waals surface area contributed by atoms with Gasteiger partial charge in [0.15, 0.2) is 0 Å². The van der Waals surface area contributed by atoms with Crippen molar-refractivity contribution in [3.05, 3.63) is 52.4 Å². The van der Waals surface area contributed by atoms with Gasteiger partial charge >= 0.3 is 0 Å². The molecule has 2 aliphatic heterocycles. The van der Waals surface area contributed by atoms with Crippen molar-refractivity contribution < 1.29 is 0 Å². The lowest BCUT2D eigenvalue weighted by atomic mass is 10.1. The zero-order chi connectivity index (χ0) is 11.8. The molecule has 1 unspecified atom stereocenters. The van der Waals surface area contributed by atoms with Gasteiger partial charge in [-0.1, -0.05) is 60.5 Å². The molecule has 1 atom stereocenters. The molecule has 0 radical (unpaired) electrons. The second-order valence-corrected chi connectivity index (χ2v) is 9.61. The van der Waals surface area contributed by atoms with Crippen molar-refractivity contribution in [2.75, 3.05) is 0 Å². The van der Waals surface area contributed by atoms with Crippen molar-refractivity contribution >= 4 is 39.9 Å². The number of benzene rings is 1. The Balaban J connectivity index is 1.98. The van der Waals surface area contributed by atoms with Crippen LogP contribution < -0.4 is 0 Å². The molecule has 0 spiro atoms. The van der Waals surface area contributed by atoms with Crippen molar-refractivity contribution in [3.8, 4) is 6.07 Å². The smallest absolute Gasteiger partial charge is 0.101 e. The highest BCUT2D eigenvalue weighted by Crippen LogP contribution is 2.62. The predicted octanol–water partition coefficient (Wildman–Crippen LogP) is 4.59. The number of hydrogen-bond donors (Lipinski definition) is 0. The molecule has 17 heavy (non-hydrogen) atoms. The zero-order valence-electron chi connectivity index (χ0n) is 9.14. The summed E-state index contributed by atoms with van der Waals surface area (Å²) in [7, 11) is 3.81. The van der Waals surface area contributed by atoms with E-state index in [1.165, 1.54) is 20.2 Å². The van der Waals surface area contributed by atoms with E-state index in [-0.39, 0.29) is 8.55 Å². The quantitative estimate of drug-likeness (QED) is 0.553. The summed E-state index contributed by atoms with van der Waals surface area (Å²) in [5.74, 6) is 0. The van der Waals surface area contributed by atoms with Gasteiger partial charge in [-0.15, -0.1) is 0 Å². The molecule has 0 N–H and O–H groups in total. The second-order valence-electron chi connectivity index (χ2n) is 3.68. The van der Waals surface area contributed by atoms with Crippen LogP contribution in [-0.4, -0.2) is 4.86 Å². The molecule has 0 amide bonds. The molecule has 0 aliphatic carbocycles. The molecule has 0 saturated carbocycles. The summed E-state index contributed by atoms with van der Waals surface area (Å²) in [5.41, 5.74) is 2.14. The van der Waals surface area contributed by atoms with Crippen LogP contribution in [0.25, 0.3) is 4.91 Å². The Hall–Kier alpha value is -0.890. The van der Waals surface area contributed by atoms with Gasteiger partial charge in [0.05, 0.1) is 5.57 Å². The fourth-order valence-corrected chi connectivity index (χ4v) is 8.86. The van der Waals surface area contributed by atoms with Crippen molar-refractivity contribution in [2.45, 2.75) is 6.92 Å². The Kier molecular flexibility index (Phi) is 2.91. The van der Waals surface area contributed by atoms with Crippen LogP contribution in [0.5, 0.6) is 0 Å². The monoisotopic (exact) mass is 275 g/mol. The Morgan fingerprint density at radius 2 is 1.94 bits per heavy atom. The Morgan fingerprint density at radius 3 is 2.65 bits per heavy atom. The normalized spacial score (nSPS) is 22.5. The molecule has 0 aromatic heterocycles. The molecular formula is C13H9NS3. The van der Waals surface area contributed by atoms with E-state index in [1.54, 1.807) is 0 Å². The molecule has 1 aromatic carbocycles. The molecule has 2 aliphatic rings. The Bertz CT molecular complexity index is 618. The third-order valence-electron chi connectivity index (χ3n) is 2.58. The number of nitriles is 1. The fraction of sp³-hybridized carbons (Fsp3) is 0.0769. The summed E-state index contributed by atoms with van der Waals surface area (Å²) in [4.78, 5) is 3.68. The third kappa shape index (κ3) is 1.89. The maximum atomic E-state index is 9.16. The first-order chi connectivity index (χ1) is 8.29. The van der Waals surface area contributed by atoms with Gasteiger partial charge in [-0.05, 0) is 18.6 Å². The van der Waals surface area contributed by atoms with Crippen LogP contribution in [0, 0.1) is 11.3 Å². The summed E-state index contributed by atoms with van der Waals surface area (Å²) in [6.07, 6.45) is 2.19. The van der Waals surface area contributed by atoms with E-state index in [2.05, 4.69) is 36.4 Å². The minimum Gasteiger partial charge on any atom is -0.192 e. The van der Waals surface area contributed by atoms with Crippen LogP contribution in [0.3, 0.4) is 0 Å². The van der Waals surface area contributed by atoms with Gasteiger partial charge < -0.3 is 0 Å². The van der Waals surface area contributed by atoms with E-state index in [0.717, 1.165) is 5.57 Å². The minimum atomic E-state index is 0.102. The first kappa shape index (κ1) is 11.2. The topological polar surface area (TPSA) is 23.8 Å². The fourth-order valence-electron chi connectivity index (χ4n) is 1.73. The summed E-state index contributed by atoms with van der Waals surface area (Å²) < 4.78 is 0. The Morgan fingerprint density at radius 1 is 1.18 bits per heavy atom. The average molecular weight is 275 g/mol. The minimum absolute atomic E-state index is 0.102. The maximum absolute atomic E-state index is 9.16. The van der Waals surface area contributed by atoms with Gasteiger partial charge in [-0.2, -0.15) is 5.26 Å². The lowest BCUT2D eigenvalue weighted by Crippen LogP contribution is -1.91. The van der Waals surface area contributed by atoms with Crippen LogP contribution in [0.15, 0.2) is 46.9 Å². The van der Waals surface area contributed by atoms with E-state index in [1.807, 2.05) is 34.6 Å². The van der Waals surface area contributed by atoms with Crippen molar-refractivity contribution in [1.29, 1.82) is 5.26 Å². The SMILES string of the molecule is CC1=C(C#N)C2=S(SC(c3ccccc3)=C2)S1. The standard InChI is InChI=1S/C13H9NS3/c1-9-11(8-14)13-7-12(16-17(13)15-9)10-5-3-2-4-6-10/h2-7H,1H3. The Labute approximate surface area is 110 Å². The molecular weight excluding hydrogens is 266 g/mol. The first-order valence-corrected chi connectivity index (χ1v) is 9.05. The maximum Gasteiger partial charge on any atom is 0.101 e. The van der Waals surface area contributed by atoms with Gasteiger partial charge in [0.25, 0.3) is 0 Å². The van der Waals surface area contributed by atoms with Gasteiger partial charge in [0.1, 0.15) is 6.07 Å². The van der Waals surface area contributed by atoms with Crippen LogP contribution >= 0.6 is 30.1 Å². The molecule has 0 bridgehead atoms. The molecule has 1 aromatic rings. The number of rotatable bonds is 1. The zero-order valence-corrected chi connectivity index (χ0v) is 11.6. The van der Waals surface area contributed by atoms with Crippen molar-refractivity contribution in [2.24, 2.45) is 0 Å². The molecule has 84 valence electrons. The summed E-state index contributed by atoms with van der Waals surface area (Å²) >= 11 is 0. The number of hydrogen-bond acceptors (Lipinski definition) is 3. The van der Waals surface area contributed by atoms with E-state index in [9.17, 15) is 0 Å². The predicted molar refractivity (Wildman–Crippen MR) is 80.5 cm³/mol. The molecule has 3 rings (SSSR count). The highest BCUT2D eigenvalue weighted by Gasteiger charge is 2.27. The highest BCUT2D eigenvalue weighted by atomic mass is 33.5. The highest BCUT2D eigenvalue weighted by molar-refractivity contribution is 9.18. The van der Waals surface area contributed by atoms with Crippen LogP contribution in [-0.2, 0) is 0 Å². The lowest BCUT2D eigenvalue weighted by Gasteiger charge is -2.03. The van der Waals surface area contributed by atoms with E-state index in [4.69, 9.17) is 5.26 Å². The molecule has 2 heterocycles. The van der Waals surface area contributed by atoms with Crippen molar-refractivity contribution in [3.63, 3.8) is 0 Å². The van der Waals surface area contributed by atoms with Gasteiger partial charge in [0.2, 0.25) is 0 Å². The summed E-state index contributed by atoms with van der Waals surface area (Å²) in [5, 5.41) is 9.16. The summed E-state index contributed by atoms with van der Waals surface area (Å²) in [6, 6.07) is 12.7. The van der Waals surface area contributed by atoms with Crippen LogP contribution in [0.1, 0.15) is 12.5 Å². The van der Waals surface area contributed by atoms with E-state index in [0.29, 0.717) is 0 Å². The second kappa shape index (κ2) is 4.41. The lowest BCUT2D eigenvalue weighted by molar-refractivity contribution is 1.50. The van der Waals surface area contributed by atoms with Crippen molar-refractivity contribution in [1.82, 2.24) is 0 Å². The third-order valence-corrected chi connectivity index (χ3v) is 9.05. The molecule has 0 fully saturated rings. The van der Waals surface area contributed by atoms with Gasteiger partial charge in [0, 0.05) is 14.7 Å². The van der Waals surface area contributed by atoms with Crippen LogP contribution in [0.4, 0.5) is 0 Å². The molecule has 0 saturated heterocycles. The number of nitrogens with zero attached hydrogens (tertiary/aromatic N) is 1. The van der Waals surface area contributed by atoms with Gasteiger partial charge in [-0.25, -0.2) is 0 Å². The average Bonchev–Trinajstić information content (AvgIpc) is 2.86. The van der Waals surface area contributed by atoms with Gasteiger partial charge in [-0.3, -0.25) is 0 Å². The van der Waals surface area contributed by atoms with E-state index < -0.39 is 0 Å². The first-order valence-electron chi connectivity index (χ1n) is 5.16.